The van der Waals surface area contributed by atoms with Gasteiger partial charge >= 0.3 is 0 Å². The van der Waals surface area contributed by atoms with Gasteiger partial charge in [0.05, 0.1) is 0 Å². The molecule has 0 bridgehead atoms. The summed E-state index contributed by atoms with van der Waals surface area (Å²) in [5, 5.41) is 2.94. The number of allylic oxidation sites excluding steroid dienone is 3. The van der Waals surface area contributed by atoms with E-state index >= 15 is 0 Å². The lowest BCUT2D eigenvalue weighted by molar-refractivity contribution is 0.625. The van der Waals surface area contributed by atoms with E-state index in [4.69, 9.17) is 0 Å². The Kier molecular flexibility index (Phi) is 7.17. The molecule has 0 aromatic heterocycles. The average Bonchev–Trinajstić information content (AvgIpc) is 2.14. The monoisotopic (exact) mass is 199 g/mol. The molecule has 0 aromatic carbocycles. The van der Waals surface area contributed by atoms with E-state index in [9.17, 15) is 4.39 Å². The summed E-state index contributed by atoms with van der Waals surface area (Å²) in [7, 11) is 0. The van der Waals surface area contributed by atoms with Crippen LogP contribution in [0.25, 0.3) is 0 Å². The molecule has 2 heteroatoms. The van der Waals surface area contributed by atoms with Crippen molar-refractivity contribution in [3.05, 3.63) is 23.7 Å². The molecule has 0 rings (SSSR count). The maximum Gasteiger partial charge on any atom is 0.138 e. The van der Waals surface area contributed by atoms with Gasteiger partial charge in [-0.25, -0.2) is 4.39 Å². The molecule has 0 radical (unpaired) electrons. The summed E-state index contributed by atoms with van der Waals surface area (Å²) in [6.45, 7) is 8.14. The predicted molar refractivity (Wildman–Crippen MR) is 60.7 cm³/mol. The van der Waals surface area contributed by atoms with Crippen molar-refractivity contribution in [1.82, 2.24) is 5.32 Å². The quantitative estimate of drug-likeness (QED) is 0.639. The summed E-state index contributed by atoms with van der Waals surface area (Å²) in [5.41, 5.74) is 1.17. The fourth-order valence-corrected chi connectivity index (χ4v) is 1.16. The molecular formula is C12H22FN. The lowest BCUT2D eigenvalue weighted by atomic mass is 10.1. The summed E-state index contributed by atoms with van der Waals surface area (Å²) in [5.74, 6) is -0.177. The van der Waals surface area contributed by atoms with Crippen LogP contribution in [0.1, 0.15) is 47.0 Å². The largest absolute Gasteiger partial charge is 0.386 e. The fourth-order valence-electron chi connectivity index (χ4n) is 1.16. The molecule has 0 atom stereocenters. The van der Waals surface area contributed by atoms with Crippen LogP contribution in [-0.2, 0) is 0 Å². The third kappa shape index (κ3) is 6.70. The molecule has 14 heavy (non-hydrogen) atoms. The van der Waals surface area contributed by atoms with Gasteiger partial charge in [0.15, 0.2) is 0 Å². The van der Waals surface area contributed by atoms with Crippen molar-refractivity contribution < 1.29 is 4.39 Å². The van der Waals surface area contributed by atoms with Crippen LogP contribution in [0.4, 0.5) is 4.39 Å². The molecule has 0 heterocycles. The predicted octanol–water partition coefficient (Wildman–Crippen LogP) is 3.93. The third-order valence-corrected chi connectivity index (χ3v) is 1.92. The summed E-state index contributed by atoms with van der Waals surface area (Å²) in [4.78, 5) is 0. The van der Waals surface area contributed by atoms with Crippen LogP contribution in [-0.4, -0.2) is 6.04 Å². The molecule has 0 amide bonds. The molecule has 1 N–H and O–H groups in total. The van der Waals surface area contributed by atoms with Gasteiger partial charge in [-0.15, -0.1) is 0 Å². The van der Waals surface area contributed by atoms with E-state index in [0.29, 0.717) is 0 Å². The first kappa shape index (κ1) is 13.2. The Morgan fingerprint density at radius 1 is 1.36 bits per heavy atom. The molecule has 0 fully saturated rings. The minimum atomic E-state index is -0.177. The smallest absolute Gasteiger partial charge is 0.138 e. The topological polar surface area (TPSA) is 12.0 Å². The standard InChI is InChI=1S/C12H22FN/c1-5-7-11(6-2)8-12(13)9-14-10(3)4/h8-10,14H,5-7H2,1-4H3/b11-8-,12-9+. The van der Waals surface area contributed by atoms with Crippen LogP contribution in [0, 0.1) is 0 Å². The third-order valence-electron chi connectivity index (χ3n) is 1.92. The Balaban J connectivity index is 4.21. The van der Waals surface area contributed by atoms with Crippen molar-refractivity contribution in [3.8, 4) is 0 Å². The minimum absolute atomic E-state index is 0.177. The highest BCUT2D eigenvalue weighted by Gasteiger charge is 1.96. The van der Waals surface area contributed by atoms with E-state index in [1.165, 1.54) is 11.8 Å². The Morgan fingerprint density at radius 3 is 2.43 bits per heavy atom. The first-order valence-electron chi connectivity index (χ1n) is 5.41. The van der Waals surface area contributed by atoms with Gasteiger partial charge < -0.3 is 5.32 Å². The van der Waals surface area contributed by atoms with Gasteiger partial charge in [0.25, 0.3) is 0 Å². The second kappa shape index (κ2) is 7.60. The molecule has 1 nitrogen and oxygen atoms in total. The number of hydrogen-bond donors (Lipinski definition) is 1. The zero-order chi connectivity index (χ0) is 11.0. The van der Waals surface area contributed by atoms with Crippen LogP contribution in [0.2, 0.25) is 0 Å². The maximum atomic E-state index is 13.2. The number of halogens is 1. The van der Waals surface area contributed by atoms with Crippen LogP contribution in [0.5, 0.6) is 0 Å². The Labute approximate surface area is 87.1 Å². The Hall–Kier alpha value is -0.790. The molecule has 0 saturated carbocycles. The van der Waals surface area contributed by atoms with Gasteiger partial charge in [-0.1, -0.05) is 25.8 Å². The van der Waals surface area contributed by atoms with Crippen molar-refractivity contribution >= 4 is 0 Å². The van der Waals surface area contributed by atoms with Crippen molar-refractivity contribution in [2.24, 2.45) is 0 Å². The van der Waals surface area contributed by atoms with Crippen molar-refractivity contribution in [3.63, 3.8) is 0 Å². The first-order valence-corrected chi connectivity index (χ1v) is 5.41. The highest BCUT2D eigenvalue weighted by Crippen LogP contribution is 2.12. The molecule has 0 spiro atoms. The second-order valence-electron chi connectivity index (χ2n) is 3.76. The van der Waals surface area contributed by atoms with Crippen LogP contribution in [0.15, 0.2) is 23.7 Å². The van der Waals surface area contributed by atoms with Crippen molar-refractivity contribution in [2.75, 3.05) is 0 Å². The molecule has 0 aliphatic carbocycles. The maximum absolute atomic E-state index is 13.2. The molecule has 0 aliphatic heterocycles. The van der Waals surface area contributed by atoms with Gasteiger partial charge in [-0.05, 0) is 32.8 Å². The Morgan fingerprint density at radius 2 is 2.00 bits per heavy atom. The highest BCUT2D eigenvalue weighted by molar-refractivity contribution is 5.17. The summed E-state index contributed by atoms with van der Waals surface area (Å²) in [6, 6.07) is 0.283. The highest BCUT2D eigenvalue weighted by atomic mass is 19.1. The zero-order valence-corrected chi connectivity index (χ0v) is 9.73. The minimum Gasteiger partial charge on any atom is -0.386 e. The second-order valence-corrected chi connectivity index (χ2v) is 3.76. The average molecular weight is 199 g/mol. The summed E-state index contributed by atoms with van der Waals surface area (Å²) < 4.78 is 13.2. The van der Waals surface area contributed by atoms with Gasteiger partial charge in [0, 0.05) is 12.2 Å². The lowest BCUT2D eigenvalue weighted by Crippen LogP contribution is -2.15. The Bertz CT molecular complexity index is 204. The fraction of sp³-hybridized carbons (Fsp3) is 0.667. The lowest BCUT2D eigenvalue weighted by Gasteiger charge is -2.04. The van der Waals surface area contributed by atoms with Gasteiger partial charge in [0.1, 0.15) is 5.83 Å². The molecule has 0 unspecified atom stereocenters. The van der Waals surface area contributed by atoms with Crippen molar-refractivity contribution in [1.29, 1.82) is 0 Å². The van der Waals surface area contributed by atoms with E-state index in [0.717, 1.165) is 19.3 Å². The van der Waals surface area contributed by atoms with Crippen LogP contribution in [0.3, 0.4) is 0 Å². The van der Waals surface area contributed by atoms with Gasteiger partial charge in [0.2, 0.25) is 0 Å². The summed E-state index contributed by atoms with van der Waals surface area (Å²) >= 11 is 0. The summed E-state index contributed by atoms with van der Waals surface area (Å²) in [6.07, 6.45) is 6.07. The molecule has 0 aromatic rings. The van der Waals surface area contributed by atoms with E-state index in [-0.39, 0.29) is 11.9 Å². The van der Waals surface area contributed by atoms with Crippen LogP contribution >= 0.6 is 0 Å². The molecule has 82 valence electrons. The normalized spacial score (nSPS) is 13.6. The van der Waals surface area contributed by atoms with Crippen LogP contribution < -0.4 is 5.32 Å². The number of hydrogen-bond acceptors (Lipinski definition) is 1. The van der Waals surface area contributed by atoms with Gasteiger partial charge in [-0.3, -0.25) is 0 Å². The van der Waals surface area contributed by atoms with Crippen molar-refractivity contribution in [2.45, 2.75) is 53.0 Å². The first-order chi connectivity index (χ1) is 6.60. The SMILES string of the molecule is CCC/C(=C\C(F)=C/NC(C)C)CC. The molecular weight excluding hydrogens is 177 g/mol. The number of rotatable bonds is 6. The zero-order valence-electron chi connectivity index (χ0n) is 9.73. The van der Waals surface area contributed by atoms with E-state index < -0.39 is 0 Å². The molecule has 0 aliphatic rings. The number of nitrogens with one attached hydrogen (secondary N) is 1. The van der Waals surface area contributed by atoms with E-state index in [1.807, 2.05) is 13.8 Å². The van der Waals surface area contributed by atoms with E-state index in [2.05, 4.69) is 19.2 Å². The van der Waals surface area contributed by atoms with E-state index in [1.54, 1.807) is 6.08 Å². The van der Waals surface area contributed by atoms with Gasteiger partial charge in [-0.2, -0.15) is 0 Å². The molecule has 0 saturated heterocycles.